The topological polar surface area (TPSA) is 46.1 Å². The summed E-state index contributed by atoms with van der Waals surface area (Å²) in [6, 6.07) is 9.78. The van der Waals surface area contributed by atoms with Gasteiger partial charge in [-0.2, -0.15) is 0 Å². The summed E-state index contributed by atoms with van der Waals surface area (Å²) < 4.78 is 0. The van der Waals surface area contributed by atoms with Gasteiger partial charge >= 0.3 is 0 Å². The van der Waals surface area contributed by atoms with Gasteiger partial charge in [0.05, 0.1) is 10.8 Å². The van der Waals surface area contributed by atoms with Crippen LogP contribution in [0.25, 0.3) is 0 Å². The van der Waals surface area contributed by atoms with Crippen molar-refractivity contribution < 1.29 is 4.79 Å². The summed E-state index contributed by atoms with van der Waals surface area (Å²) in [6.07, 6.45) is 5.35. The van der Waals surface area contributed by atoms with Gasteiger partial charge in [-0.1, -0.05) is 17.8 Å². The Morgan fingerprint density at radius 1 is 1.20 bits per heavy atom. The fourth-order valence-corrected chi connectivity index (χ4v) is 2.95. The lowest BCUT2D eigenvalue weighted by molar-refractivity contribution is -0.132. The van der Waals surface area contributed by atoms with Gasteiger partial charge < -0.3 is 4.90 Å². The summed E-state index contributed by atoms with van der Waals surface area (Å²) in [4.78, 5) is 22.2. The molecule has 0 aromatic carbocycles. The van der Waals surface area contributed by atoms with Crippen LogP contribution in [0.15, 0.2) is 53.9 Å². The molecule has 0 atom stereocenters. The molecular formula is C15H15N3OS. The Hall–Kier alpha value is -1.88. The Balaban J connectivity index is 1.47. The Kier molecular flexibility index (Phi) is 3.97. The lowest BCUT2D eigenvalue weighted by Crippen LogP contribution is -2.49. The number of hydrogen-bond donors (Lipinski definition) is 0. The lowest BCUT2D eigenvalue weighted by Gasteiger charge is -2.39. The van der Waals surface area contributed by atoms with E-state index in [0.29, 0.717) is 11.7 Å². The van der Waals surface area contributed by atoms with Crippen LogP contribution in [0.3, 0.4) is 0 Å². The number of pyridine rings is 2. The van der Waals surface area contributed by atoms with Gasteiger partial charge in [0.15, 0.2) is 0 Å². The monoisotopic (exact) mass is 285 g/mol. The van der Waals surface area contributed by atoms with Crippen molar-refractivity contribution in [3.05, 3.63) is 54.5 Å². The van der Waals surface area contributed by atoms with Crippen molar-refractivity contribution in [2.45, 2.75) is 10.9 Å². The first-order chi connectivity index (χ1) is 9.83. The molecule has 2 aromatic rings. The van der Waals surface area contributed by atoms with Gasteiger partial charge in [0.25, 0.3) is 0 Å². The molecule has 5 heteroatoms. The van der Waals surface area contributed by atoms with E-state index in [1.165, 1.54) is 17.3 Å². The van der Waals surface area contributed by atoms with Gasteiger partial charge in [0.1, 0.15) is 0 Å². The number of rotatable bonds is 4. The van der Waals surface area contributed by atoms with Crippen LogP contribution in [0.4, 0.5) is 0 Å². The van der Waals surface area contributed by atoms with Crippen LogP contribution in [0.2, 0.25) is 0 Å². The van der Waals surface area contributed by atoms with Crippen LogP contribution in [0.5, 0.6) is 0 Å². The standard InChI is InChI=1S/C15H15N3OS/c19-15(11-20-14-3-1-2-6-17-14)18-9-13(10-18)12-4-7-16-8-5-12/h1-8,13H,9-11H2. The first-order valence-electron chi connectivity index (χ1n) is 6.54. The van der Waals surface area contributed by atoms with Crippen molar-refractivity contribution in [3.8, 4) is 0 Å². The molecule has 0 saturated carbocycles. The van der Waals surface area contributed by atoms with Crippen LogP contribution in [-0.4, -0.2) is 39.6 Å². The van der Waals surface area contributed by atoms with E-state index in [2.05, 4.69) is 9.97 Å². The van der Waals surface area contributed by atoms with E-state index in [4.69, 9.17) is 0 Å². The quantitative estimate of drug-likeness (QED) is 0.808. The van der Waals surface area contributed by atoms with Gasteiger partial charge in [-0.3, -0.25) is 9.78 Å². The molecule has 4 nitrogen and oxygen atoms in total. The van der Waals surface area contributed by atoms with Gasteiger partial charge in [0, 0.05) is 37.6 Å². The molecular weight excluding hydrogens is 270 g/mol. The molecule has 0 radical (unpaired) electrons. The first kappa shape index (κ1) is 13.1. The first-order valence-corrected chi connectivity index (χ1v) is 7.53. The number of aromatic nitrogens is 2. The van der Waals surface area contributed by atoms with E-state index in [1.54, 1.807) is 18.6 Å². The number of amides is 1. The molecule has 0 spiro atoms. The Labute approximate surface area is 122 Å². The Morgan fingerprint density at radius 2 is 2.00 bits per heavy atom. The fourth-order valence-electron chi connectivity index (χ4n) is 2.19. The van der Waals surface area contributed by atoms with Crippen molar-refractivity contribution in [3.63, 3.8) is 0 Å². The van der Waals surface area contributed by atoms with Gasteiger partial charge in [-0.05, 0) is 29.8 Å². The minimum Gasteiger partial charge on any atom is -0.341 e. The van der Waals surface area contributed by atoms with E-state index >= 15 is 0 Å². The van der Waals surface area contributed by atoms with E-state index in [9.17, 15) is 4.79 Å². The van der Waals surface area contributed by atoms with Crippen LogP contribution >= 0.6 is 11.8 Å². The number of carbonyl (C=O) groups excluding carboxylic acids is 1. The number of likely N-dealkylation sites (tertiary alicyclic amines) is 1. The highest BCUT2D eigenvalue weighted by Crippen LogP contribution is 2.27. The highest BCUT2D eigenvalue weighted by Gasteiger charge is 2.31. The zero-order chi connectivity index (χ0) is 13.8. The molecule has 1 aliphatic heterocycles. The number of thioether (sulfide) groups is 1. The molecule has 1 saturated heterocycles. The van der Waals surface area contributed by atoms with Crippen molar-refractivity contribution >= 4 is 17.7 Å². The van der Waals surface area contributed by atoms with Crippen molar-refractivity contribution in [2.24, 2.45) is 0 Å². The Bertz CT molecular complexity index is 570. The smallest absolute Gasteiger partial charge is 0.233 e. The molecule has 0 aliphatic carbocycles. The Morgan fingerprint density at radius 3 is 2.70 bits per heavy atom. The largest absolute Gasteiger partial charge is 0.341 e. The minimum absolute atomic E-state index is 0.186. The summed E-state index contributed by atoms with van der Waals surface area (Å²) in [6.45, 7) is 1.62. The molecule has 1 fully saturated rings. The van der Waals surface area contributed by atoms with E-state index < -0.39 is 0 Å². The summed E-state index contributed by atoms with van der Waals surface area (Å²) in [5.74, 6) is 1.10. The van der Waals surface area contributed by atoms with E-state index in [1.807, 2.05) is 35.2 Å². The highest BCUT2D eigenvalue weighted by molar-refractivity contribution is 7.99. The second-order valence-electron chi connectivity index (χ2n) is 4.73. The average Bonchev–Trinajstić information content (AvgIpc) is 2.46. The molecule has 3 heterocycles. The summed E-state index contributed by atoms with van der Waals surface area (Å²) in [5.41, 5.74) is 1.27. The molecule has 0 N–H and O–H groups in total. The zero-order valence-electron chi connectivity index (χ0n) is 11.0. The SMILES string of the molecule is O=C(CSc1ccccn1)N1CC(c2ccncc2)C1. The van der Waals surface area contributed by atoms with Crippen LogP contribution in [-0.2, 0) is 4.79 Å². The van der Waals surface area contributed by atoms with Crippen LogP contribution in [0, 0.1) is 0 Å². The maximum absolute atomic E-state index is 12.0. The molecule has 20 heavy (non-hydrogen) atoms. The maximum atomic E-state index is 12.0. The molecule has 1 amide bonds. The summed E-state index contributed by atoms with van der Waals surface area (Å²) >= 11 is 1.49. The van der Waals surface area contributed by atoms with Gasteiger partial charge in [0.2, 0.25) is 5.91 Å². The minimum atomic E-state index is 0.186. The molecule has 2 aromatic heterocycles. The third-order valence-electron chi connectivity index (χ3n) is 3.39. The molecule has 0 unspecified atom stereocenters. The predicted octanol–water partition coefficient (Wildman–Crippen LogP) is 2.19. The summed E-state index contributed by atoms with van der Waals surface area (Å²) in [5, 5.41) is 0.895. The molecule has 1 aliphatic rings. The molecule has 102 valence electrons. The summed E-state index contributed by atoms with van der Waals surface area (Å²) in [7, 11) is 0. The van der Waals surface area contributed by atoms with Gasteiger partial charge in [-0.15, -0.1) is 0 Å². The fraction of sp³-hybridized carbons (Fsp3) is 0.267. The van der Waals surface area contributed by atoms with E-state index in [0.717, 1.165) is 18.1 Å². The van der Waals surface area contributed by atoms with Crippen LogP contribution < -0.4 is 0 Å². The molecule has 0 bridgehead atoms. The van der Waals surface area contributed by atoms with Crippen molar-refractivity contribution in [2.75, 3.05) is 18.8 Å². The second kappa shape index (κ2) is 6.05. The predicted molar refractivity (Wildman–Crippen MR) is 78.5 cm³/mol. The maximum Gasteiger partial charge on any atom is 0.233 e. The second-order valence-corrected chi connectivity index (χ2v) is 5.73. The average molecular weight is 285 g/mol. The number of hydrogen-bond acceptors (Lipinski definition) is 4. The number of carbonyl (C=O) groups is 1. The highest BCUT2D eigenvalue weighted by atomic mass is 32.2. The number of nitrogens with zero attached hydrogens (tertiary/aromatic N) is 3. The lowest BCUT2D eigenvalue weighted by atomic mass is 9.92. The van der Waals surface area contributed by atoms with Crippen molar-refractivity contribution in [1.29, 1.82) is 0 Å². The molecule has 3 rings (SSSR count). The van der Waals surface area contributed by atoms with E-state index in [-0.39, 0.29) is 5.91 Å². The zero-order valence-corrected chi connectivity index (χ0v) is 11.8. The third kappa shape index (κ3) is 2.99. The van der Waals surface area contributed by atoms with Gasteiger partial charge in [-0.25, -0.2) is 4.98 Å². The van der Waals surface area contributed by atoms with Crippen molar-refractivity contribution in [1.82, 2.24) is 14.9 Å². The third-order valence-corrected chi connectivity index (χ3v) is 4.32. The van der Waals surface area contributed by atoms with Crippen LogP contribution in [0.1, 0.15) is 11.5 Å². The normalized spacial score (nSPS) is 14.9.